The summed E-state index contributed by atoms with van der Waals surface area (Å²) in [5.74, 6) is -0.208. The highest BCUT2D eigenvalue weighted by atomic mass is 32.2. The number of rotatable bonds is 5. The highest BCUT2D eigenvalue weighted by molar-refractivity contribution is 7.91. The summed E-state index contributed by atoms with van der Waals surface area (Å²) in [6.45, 7) is -0.0770. The molecular formula is C7H13N3O4S2. The molecular weight excluding hydrogens is 254 g/mol. The Morgan fingerprint density at radius 3 is 2.44 bits per heavy atom. The van der Waals surface area contributed by atoms with Gasteiger partial charge in [0.2, 0.25) is 10.0 Å². The summed E-state index contributed by atoms with van der Waals surface area (Å²) in [7, 11) is -5.49. The maximum absolute atomic E-state index is 11.8. The Kier molecular flexibility index (Phi) is 3.71. The molecule has 0 aromatic carbocycles. The molecule has 0 unspecified atom stereocenters. The van der Waals surface area contributed by atoms with Crippen LogP contribution in [0.4, 0.5) is 0 Å². The van der Waals surface area contributed by atoms with Crippen molar-refractivity contribution in [3.8, 4) is 0 Å². The number of hydrogen-bond donors (Lipinski definition) is 1. The molecule has 7 nitrogen and oxygen atoms in total. The molecule has 1 N–H and O–H groups in total. The van der Waals surface area contributed by atoms with Crippen LogP contribution in [0.1, 0.15) is 0 Å². The molecule has 0 aliphatic carbocycles. The third-order valence-corrected chi connectivity index (χ3v) is 4.70. The molecule has 1 rings (SSSR count). The molecule has 0 atom stereocenters. The number of sulfone groups is 1. The van der Waals surface area contributed by atoms with Gasteiger partial charge in [0, 0.05) is 26.0 Å². The quantitative estimate of drug-likeness (QED) is 0.743. The first-order chi connectivity index (χ1) is 7.23. The van der Waals surface area contributed by atoms with Crippen LogP contribution in [0.5, 0.6) is 0 Å². The van der Waals surface area contributed by atoms with E-state index in [1.165, 1.54) is 19.4 Å². The molecule has 0 aliphatic rings. The number of nitrogens with zero attached hydrogens (tertiary/aromatic N) is 2. The van der Waals surface area contributed by atoms with Crippen molar-refractivity contribution < 1.29 is 16.8 Å². The molecule has 1 heterocycles. The summed E-state index contributed by atoms with van der Waals surface area (Å²) >= 11 is 0. The van der Waals surface area contributed by atoms with E-state index in [0.29, 0.717) is 0 Å². The van der Waals surface area contributed by atoms with Crippen LogP contribution in [0.2, 0.25) is 0 Å². The van der Waals surface area contributed by atoms with Crippen molar-refractivity contribution in [3.05, 3.63) is 12.4 Å². The van der Waals surface area contributed by atoms with Crippen LogP contribution in [0, 0.1) is 0 Å². The first-order valence-corrected chi connectivity index (χ1v) is 7.86. The van der Waals surface area contributed by atoms with Gasteiger partial charge in [0.05, 0.1) is 11.9 Å². The number of aromatic nitrogens is 2. The molecule has 0 radical (unpaired) electrons. The molecule has 9 heteroatoms. The average Bonchev–Trinajstić information content (AvgIpc) is 2.65. The van der Waals surface area contributed by atoms with E-state index in [-0.39, 0.29) is 17.2 Å². The molecule has 0 fully saturated rings. The van der Waals surface area contributed by atoms with E-state index in [0.717, 1.165) is 10.6 Å². The fourth-order valence-electron chi connectivity index (χ4n) is 0.975. The van der Waals surface area contributed by atoms with E-state index >= 15 is 0 Å². The van der Waals surface area contributed by atoms with Gasteiger partial charge in [-0.05, 0) is 0 Å². The van der Waals surface area contributed by atoms with Gasteiger partial charge in [-0.25, -0.2) is 16.8 Å². The van der Waals surface area contributed by atoms with Crippen molar-refractivity contribution in [2.24, 2.45) is 0 Å². The van der Waals surface area contributed by atoms with Crippen molar-refractivity contribution in [2.45, 2.75) is 4.90 Å². The van der Waals surface area contributed by atoms with Crippen molar-refractivity contribution in [1.29, 1.82) is 0 Å². The van der Waals surface area contributed by atoms with Crippen molar-refractivity contribution in [2.75, 3.05) is 25.6 Å². The summed E-state index contributed by atoms with van der Waals surface area (Å²) < 4.78 is 46.4. The molecule has 0 spiro atoms. The summed E-state index contributed by atoms with van der Waals surface area (Å²) in [6, 6.07) is 0. The maximum atomic E-state index is 11.8. The van der Waals surface area contributed by atoms with Gasteiger partial charge in [-0.15, -0.1) is 0 Å². The molecule has 1 aromatic heterocycles. The molecule has 0 bridgehead atoms. The SMILES string of the molecule is CN(CCS(C)(=O)=O)S(=O)(=O)c1cn[nH]c1. The molecule has 1 aromatic rings. The second-order valence-corrected chi connectivity index (χ2v) is 7.70. The topological polar surface area (TPSA) is 100 Å². The zero-order valence-electron chi connectivity index (χ0n) is 8.91. The van der Waals surface area contributed by atoms with Gasteiger partial charge in [0.15, 0.2) is 0 Å². The van der Waals surface area contributed by atoms with Gasteiger partial charge in [-0.2, -0.15) is 9.40 Å². The third kappa shape index (κ3) is 3.29. The standard InChI is InChI=1S/C7H13N3O4S2/c1-10(3-4-15(2,11)12)16(13,14)7-5-8-9-6-7/h5-6H,3-4H2,1-2H3,(H,8,9). The number of hydrogen-bond acceptors (Lipinski definition) is 5. The van der Waals surface area contributed by atoms with Crippen molar-refractivity contribution in [3.63, 3.8) is 0 Å². The molecule has 16 heavy (non-hydrogen) atoms. The maximum Gasteiger partial charge on any atom is 0.245 e. The Balaban J connectivity index is 2.79. The molecule has 0 amide bonds. The first-order valence-electron chi connectivity index (χ1n) is 4.36. The van der Waals surface area contributed by atoms with Gasteiger partial charge in [0.25, 0.3) is 0 Å². The van der Waals surface area contributed by atoms with Crippen LogP contribution in [0.15, 0.2) is 17.3 Å². The Hall–Kier alpha value is -0.930. The minimum absolute atomic E-state index is 0.0171. The van der Waals surface area contributed by atoms with Gasteiger partial charge in [0.1, 0.15) is 14.7 Å². The average molecular weight is 267 g/mol. The molecule has 92 valence electrons. The van der Waals surface area contributed by atoms with Gasteiger partial charge < -0.3 is 0 Å². The Bertz CT molecular complexity index is 532. The Morgan fingerprint density at radius 2 is 2.00 bits per heavy atom. The molecule has 0 aliphatic heterocycles. The zero-order valence-corrected chi connectivity index (χ0v) is 10.5. The summed E-state index contributed by atoms with van der Waals surface area (Å²) in [6.07, 6.45) is 3.48. The lowest BCUT2D eigenvalue weighted by atomic mass is 10.7. The normalized spacial score (nSPS) is 13.2. The largest absolute Gasteiger partial charge is 0.284 e. The minimum Gasteiger partial charge on any atom is -0.284 e. The molecule has 0 saturated heterocycles. The Morgan fingerprint density at radius 1 is 1.38 bits per heavy atom. The molecule has 0 saturated carbocycles. The van der Waals surface area contributed by atoms with Crippen LogP contribution in [-0.2, 0) is 19.9 Å². The van der Waals surface area contributed by atoms with Gasteiger partial charge in [-0.1, -0.05) is 0 Å². The highest BCUT2D eigenvalue weighted by Gasteiger charge is 2.22. The highest BCUT2D eigenvalue weighted by Crippen LogP contribution is 2.11. The van der Waals surface area contributed by atoms with Crippen LogP contribution in [-0.4, -0.2) is 56.9 Å². The number of nitrogens with one attached hydrogen (secondary N) is 1. The lowest BCUT2D eigenvalue weighted by molar-refractivity contribution is 0.485. The van der Waals surface area contributed by atoms with E-state index < -0.39 is 19.9 Å². The van der Waals surface area contributed by atoms with E-state index in [1.54, 1.807) is 0 Å². The van der Waals surface area contributed by atoms with E-state index in [1.807, 2.05) is 0 Å². The third-order valence-electron chi connectivity index (χ3n) is 1.96. The summed E-state index contributed by atoms with van der Waals surface area (Å²) in [5, 5.41) is 5.92. The number of H-pyrrole nitrogens is 1. The lowest BCUT2D eigenvalue weighted by Crippen LogP contribution is -2.31. The second-order valence-electron chi connectivity index (χ2n) is 3.39. The van der Waals surface area contributed by atoms with Crippen molar-refractivity contribution >= 4 is 19.9 Å². The Labute approximate surface area is 94.4 Å². The van der Waals surface area contributed by atoms with Crippen LogP contribution in [0.3, 0.4) is 0 Å². The van der Waals surface area contributed by atoms with E-state index in [9.17, 15) is 16.8 Å². The van der Waals surface area contributed by atoms with Crippen molar-refractivity contribution in [1.82, 2.24) is 14.5 Å². The van der Waals surface area contributed by atoms with Gasteiger partial charge >= 0.3 is 0 Å². The monoisotopic (exact) mass is 267 g/mol. The minimum atomic E-state index is -3.64. The zero-order chi connectivity index (χ0) is 12.4. The smallest absolute Gasteiger partial charge is 0.245 e. The first kappa shape index (κ1) is 13.1. The lowest BCUT2D eigenvalue weighted by Gasteiger charge is -2.14. The van der Waals surface area contributed by atoms with Crippen LogP contribution >= 0.6 is 0 Å². The fourth-order valence-corrected chi connectivity index (χ4v) is 2.77. The fraction of sp³-hybridized carbons (Fsp3) is 0.571. The van der Waals surface area contributed by atoms with E-state index in [4.69, 9.17) is 0 Å². The van der Waals surface area contributed by atoms with Crippen LogP contribution < -0.4 is 0 Å². The second kappa shape index (κ2) is 4.52. The van der Waals surface area contributed by atoms with Crippen LogP contribution in [0.25, 0.3) is 0 Å². The predicted molar refractivity (Wildman–Crippen MR) is 58.1 cm³/mol. The number of aromatic amines is 1. The summed E-state index contributed by atoms with van der Waals surface area (Å²) in [4.78, 5) is 0.0171. The summed E-state index contributed by atoms with van der Waals surface area (Å²) in [5.41, 5.74) is 0. The van der Waals surface area contributed by atoms with Gasteiger partial charge in [-0.3, -0.25) is 5.10 Å². The van der Waals surface area contributed by atoms with E-state index in [2.05, 4.69) is 10.2 Å². The predicted octanol–water partition coefficient (Wildman–Crippen LogP) is -0.925. The number of sulfonamides is 1.